The molecule has 4 heteroatoms. The van der Waals surface area contributed by atoms with E-state index in [1.807, 2.05) is 6.92 Å². The lowest BCUT2D eigenvalue weighted by Crippen LogP contribution is -2.55. The molecule has 0 fully saturated rings. The number of amides is 1. The van der Waals surface area contributed by atoms with Crippen LogP contribution >= 0.6 is 0 Å². The van der Waals surface area contributed by atoms with Crippen molar-refractivity contribution in [3.63, 3.8) is 0 Å². The molecule has 3 N–H and O–H groups in total. The second kappa shape index (κ2) is 6.08. The molecule has 0 spiro atoms. The van der Waals surface area contributed by atoms with Crippen LogP contribution in [0.15, 0.2) is 0 Å². The molecule has 0 radical (unpaired) electrons. The molecule has 0 aromatic carbocycles. The van der Waals surface area contributed by atoms with Crippen molar-refractivity contribution in [2.24, 2.45) is 5.73 Å². The zero-order chi connectivity index (χ0) is 12.1. The van der Waals surface area contributed by atoms with E-state index in [0.717, 1.165) is 19.5 Å². The Bertz CT molecular complexity index is 204. The Morgan fingerprint density at radius 2 is 1.93 bits per heavy atom. The van der Waals surface area contributed by atoms with Crippen molar-refractivity contribution in [2.45, 2.75) is 45.7 Å². The summed E-state index contributed by atoms with van der Waals surface area (Å²) in [6, 6.07) is 0.352. The second-order valence-electron chi connectivity index (χ2n) is 4.22. The maximum atomic E-state index is 11.3. The molecule has 0 aromatic heterocycles. The Morgan fingerprint density at radius 1 is 1.47 bits per heavy atom. The smallest absolute Gasteiger partial charge is 0.237 e. The molecule has 15 heavy (non-hydrogen) atoms. The van der Waals surface area contributed by atoms with E-state index < -0.39 is 5.54 Å². The fraction of sp³-hybridized carbons (Fsp3) is 0.909. The lowest BCUT2D eigenvalue weighted by Gasteiger charge is -2.34. The molecule has 0 heterocycles. The summed E-state index contributed by atoms with van der Waals surface area (Å²) in [5, 5.41) is 3.01. The van der Waals surface area contributed by atoms with Gasteiger partial charge >= 0.3 is 0 Å². The number of nitrogens with two attached hydrogens (primary N) is 1. The summed E-state index contributed by atoms with van der Waals surface area (Å²) in [4.78, 5) is 13.6. The van der Waals surface area contributed by atoms with E-state index in [0.29, 0.717) is 6.04 Å². The van der Waals surface area contributed by atoms with E-state index in [-0.39, 0.29) is 5.91 Å². The topological polar surface area (TPSA) is 58.4 Å². The van der Waals surface area contributed by atoms with E-state index in [4.69, 9.17) is 5.73 Å². The summed E-state index contributed by atoms with van der Waals surface area (Å²) < 4.78 is 0. The molecule has 0 saturated carbocycles. The molecule has 90 valence electrons. The first-order chi connectivity index (χ1) is 6.91. The SMILES string of the molecule is CCN(CC)C(C)CC(C)(NC)C(N)=O. The Morgan fingerprint density at radius 3 is 2.20 bits per heavy atom. The van der Waals surface area contributed by atoms with E-state index in [1.165, 1.54) is 0 Å². The van der Waals surface area contributed by atoms with Crippen molar-refractivity contribution in [1.29, 1.82) is 0 Å². The van der Waals surface area contributed by atoms with E-state index >= 15 is 0 Å². The average Bonchev–Trinajstić information content (AvgIpc) is 2.19. The van der Waals surface area contributed by atoms with Crippen molar-refractivity contribution in [2.75, 3.05) is 20.1 Å². The highest BCUT2D eigenvalue weighted by Gasteiger charge is 2.32. The molecule has 0 rings (SSSR count). The van der Waals surface area contributed by atoms with Gasteiger partial charge in [-0.25, -0.2) is 0 Å². The van der Waals surface area contributed by atoms with Crippen LogP contribution in [0.1, 0.15) is 34.1 Å². The van der Waals surface area contributed by atoms with Gasteiger partial charge in [0.25, 0.3) is 0 Å². The van der Waals surface area contributed by atoms with E-state index in [2.05, 4.69) is 31.0 Å². The van der Waals surface area contributed by atoms with E-state index in [1.54, 1.807) is 7.05 Å². The third kappa shape index (κ3) is 3.80. The molecule has 2 atom stereocenters. The fourth-order valence-electron chi connectivity index (χ4n) is 1.89. The van der Waals surface area contributed by atoms with Gasteiger partial charge in [0.1, 0.15) is 0 Å². The predicted molar refractivity (Wildman–Crippen MR) is 63.7 cm³/mol. The molecular weight excluding hydrogens is 190 g/mol. The lowest BCUT2D eigenvalue weighted by molar-refractivity contribution is -0.124. The van der Waals surface area contributed by atoms with Crippen LogP contribution in [0.3, 0.4) is 0 Å². The Balaban J connectivity index is 4.48. The minimum Gasteiger partial charge on any atom is -0.368 e. The van der Waals surface area contributed by atoms with Gasteiger partial charge in [0.05, 0.1) is 5.54 Å². The first-order valence-corrected chi connectivity index (χ1v) is 5.64. The van der Waals surface area contributed by atoms with Gasteiger partial charge in [-0.05, 0) is 40.4 Å². The number of carbonyl (C=O) groups is 1. The summed E-state index contributed by atoms with van der Waals surface area (Å²) in [6.07, 6.45) is 0.737. The summed E-state index contributed by atoms with van der Waals surface area (Å²) in [7, 11) is 1.78. The van der Waals surface area contributed by atoms with Gasteiger partial charge in [0.15, 0.2) is 0 Å². The second-order valence-corrected chi connectivity index (χ2v) is 4.22. The largest absolute Gasteiger partial charge is 0.368 e. The standard InChI is InChI=1S/C11H25N3O/c1-6-14(7-2)9(3)8-11(4,13-5)10(12)15/h9,13H,6-8H2,1-5H3,(H2,12,15). The van der Waals surface area contributed by atoms with Gasteiger partial charge < -0.3 is 16.0 Å². The molecule has 0 aliphatic heterocycles. The molecule has 1 amide bonds. The third-order valence-electron chi connectivity index (χ3n) is 3.23. The maximum Gasteiger partial charge on any atom is 0.237 e. The van der Waals surface area contributed by atoms with Crippen LogP contribution in [0.25, 0.3) is 0 Å². The molecule has 0 saturated heterocycles. The van der Waals surface area contributed by atoms with Gasteiger partial charge in [0, 0.05) is 6.04 Å². The van der Waals surface area contributed by atoms with Gasteiger partial charge in [0.2, 0.25) is 5.91 Å². The zero-order valence-electron chi connectivity index (χ0n) is 10.6. The van der Waals surface area contributed by atoms with Crippen LogP contribution in [0, 0.1) is 0 Å². The Kier molecular flexibility index (Phi) is 5.83. The lowest BCUT2D eigenvalue weighted by atomic mass is 9.92. The van der Waals surface area contributed by atoms with Crippen LogP contribution in [-0.4, -0.2) is 42.5 Å². The van der Waals surface area contributed by atoms with Crippen molar-refractivity contribution >= 4 is 5.91 Å². The van der Waals surface area contributed by atoms with Crippen LogP contribution < -0.4 is 11.1 Å². The highest BCUT2D eigenvalue weighted by atomic mass is 16.1. The predicted octanol–water partition coefficient (Wildman–Crippen LogP) is 0.570. The molecule has 0 aliphatic rings. The molecule has 0 aromatic rings. The normalized spacial score (nSPS) is 17.5. The van der Waals surface area contributed by atoms with Crippen molar-refractivity contribution < 1.29 is 4.79 Å². The average molecular weight is 215 g/mol. The Labute approximate surface area is 93.2 Å². The highest BCUT2D eigenvalue weighted by molar-refractivity contribution is 5.84. The fourth-order valence-corrected chi connectivity index (χ4v) is 1.89. The number of primary amides is 1. The Hall–Kier alpha value is -0.610. The first kappa shape index (κ1) is 14.4. The van der Waals surface area contributed by atoms with Gasteiger partial charge in [-0.1, -0.05) is 13.8 Å². The third-order valence-corrected chi connectivity index (χ3v) is 3.23. The number of carbonyl (C=O) groups excluding carboxylic acids is 1. The van der Waals surface area contributed by atoms with Crippen molar-refractivity contribution in [3.8, 4) is 0 Å². The summed E-state index contributed by atoms with van der Waals surface area (Å²) in [6.45, 7) is 10.2. The highest BCUT2D eigenvalue weighted by Crippen LogP contribution is 2.15. The molecule has 0 bridgehead atoms. The minimum absolute atomic E-state index is 0.288. The minimum atomic E-state index is -0.609. The number of hydrogen-bond donors (Lipinski definition) is 2. The maximum absolute atomic E-state index is 11.3. The number of hydrogen-bond acceptors (Lipinski definition) is 3. The number of nitrogens with one attached hydrogen (secondary N) is 1. The molecule has 2 unspecified atom stereocenters. The number of likely N-dealkylation sites (N-methyl/N-ethyl adjacent to an activating group) is 1. The molecule has 4 nitrogen and oxygen atoms in total. The van der Waals surface area contributed by atoms with Crippen molar-refractivity contribution in [1.82, 2.24) is 10.2 Å². The van der Waals surface area contributed by atoms with Gasteiger partial charge in [-0.15, -0.1) is 0 Å². The van der Waals surface area contributed by atoms with Crippen LogP contribution in [-0.2, 0) is 4.79 Å². The van der Waals surface area contributed by atoms with Crippen LogP contribution in [0.2, 0.25) is 0 Å². The monoisotopic (exact) mass is 215 g/mol. The van der Waals surface area contributed by atoms with Crippen LogP contribution in [0.5, 0.6) is 0 Å². The number of nitrogens with zero attached hydrogens (tertiary/aromatic N) is 1. The van der Waals surface area contributed by atoms with Gasteiger partial charge in [-0.3, -0.25) is 4.79 Å². The van der Waals surface area contributed by atoms with Gasteiger partial charge in [-0.2, -0.15) is 0 Å². The van der Waals surface area contributed by atoms with E-state index in [9.17, 15) is 4.79 Å². The quantitative estimate of drug-likeness (QED) is 0.653. The van der Waals surface area contributed by atoms with Crippen LogP contribution in [0.4, 0.5) is 0 Å². The summed E-state index contributed by atoms with van der Waals surface area (Å²) in [5.41, 5.74) is 4.78. The summed E-state index contributed by atoms with van der Waals surface area (Å²) in [5.74, 6) is -0.288. The molecule has 0 aliphatic carbocycles. The molecular formula is C11H25N3O. The first-order valence-electron chi connectivity index (χ1n) is 5.64. The summed E-state index contributed by atoms with van der Waals surface area (Å²) >= 11 is 0. The number of rotatable bonds is 7. The zero-order valence-corrected chi connectivity index (χ0v) is 10.6. The van der Waals surface area contributed by atoms with Crippen molar-refractivity contribution in [3.05, 3.63) is 0 Å².